The minimum atomic E-state index is -0.195. The second-order valence-corrected chi connectivity index (χ2v) is 3.39. The Hall–Kier alpha value is -1.09. The van der Waals surface area contributed by atoms with Gasteiger partial charge < -0.3 is 11.1 Å². The molecule has 0 spiro atoms. The summed E-state index contributed by atoms with van der Waals surface area (Å²) in [7, 11) is 0. The van der Waals surface area contributed by atoms with Crippen molar-refractivity contribution in [1.82, 2.24) is 5.32 Å². The van der Waals surface area contributed by atoms with E-state index < -0.39 is 0 Å². The van der Waals surface area contributed by atoms with Gasteiger partial charge in [0.15, 0.2) is 0 Å². The Morgan fingerprint density at radius 1 is 1.46 bits per heavy atom. The third-order valence-electron chi connectivity index (χ3n) is 2.50. The number of rotatable bonds is 1. The number of hydrogen-bond acceptors (Lipinski definition) is 2. The number of nitrogens with one attached hydrogen (secondary N) is 1. The van der Waals surface area contributed by atoms with Crippen molar-refractivity contribution < 1.29 is 4.39 Å². The van der Waals surface area contributed by atoms with Gasteiger partial charge in [-0.25, -0.2) is 4.39 Å². The Morgan fingerprint density at radius 3 is 2.92 bits per heavy atom. The van der Waals surface area contributed by atoms with Crippen LogP contribution in [0.3, 0.4) is 0 Å². The third-order valence-corrected chi connectivity index (χ3v) is 2.50. The van der Waals surface area contributed by atoms with E-state index in [9.17, 15) is 4.39 Å². The number of halogens is 1. The first-order valence-electron chi connectivity index (χ1n) is 4.56. The summed E-state index contributed by atoms with van der Waals surface area (Å²) in [6.07, 6.45) is 2.07. The average Bonchev–Trinajstić information content (AvgIpc) is 2.57. The highest BCUT2D eigenvalue weighted by Crippen LogP contribution is 2.29. The molecule has 0 amide bonds. The zero-order valence-corrected chi connectivity index (χ0v) is 7.39. The summed E-state index contributed by atoms with van der Waals surface area (Å²) in [5.41, 5.74) is 6.92. The summed E-state index contributed by atoms with van der Waals surface area (Å²) in [4.78, 5) is 0. The smallest absolute Gasteiger partial charge is 0.130 e. The molecule has 1 aromatic carbocycles. The number of nitrogen functional groups attached to an aromatic ring is 1. The lowest BCUT2D eigenvalue weighted by Crippen LogP contribution is -2.16. The van der Waals surface area contributed by atoms with Gasteiger partial charge in [-0.1, -0.05) is 6.07 Å². The van der Waals surface area contributed by atoms with Crippen LogP contribution in [0.25, 0.3) is 0 Å². The van der Waals surface area contributed by atoms with E-state index in [1.54, 1.807) is 12.1 Å². The molecule has 0 aromatic heterocycles. The van der Waals surface area contributed by atoms with Gasteiger partial charge in [0, 0.05) is 17.3 Å². The van der Waals surface area contributed by atoms with E-state index in [4.69, 9.17) is 5.73 Å². The van der Waals surface area contributed by atoms with Crippen LogP contribution in [0.4, 0.5) is 10.1 Å². The lowest BCUT2D eigenvalue weighted by atomic mass is 10.0. The standard InChI is InChI=1S/C10H13FN2/c11-7-3-1-4-8(12)10(7)9-5-2-6-13-9/h1,3-4,9,13H,2,5-6,12H2. The molecule has 1 fully saturated rings. The summed E-state index contributed by atoms with van der Waals surface area (Å²) in [5, 5.41) is 3.23. The highest BCUT2D eigenvalue weighted by molar-refractivity contribution is 5.49. The summed E-state index contributed by atoms with van der Waals surface area (Å²) in [5.74, 6) is -0.195. The molecule has 1 aliphatic heterocycles. The molecule has 2 nitrogen and oxygen atoms in total. The topological polar surface area (TPSA) is 38.0 Å². The van der Waals surface area contributed by atoms with Crippen LogP contribution in [0.1, 0.15) is 24.4 Å². The van der Waals surface area contributed by atoms with Gasteiger partial charge in [0.05, 0.1) is 0 Å². The largest absolute Gasteiger partial charge is 0.398 e. The number of anilines is 1. The first-order chi connectivity index (χ1) is 6.29. The second kappa shape index (κ2) is 3.34. The van der Waals surface area contributed by atoms with Crippen molar-refractivity contribution in [1.29, 1.82) is 0 Å². The Morgan fingerprint density at radius 2 is 2.31 bits per heavy atom. The quantitative estimate of drug-likeness (QED) is 0.647. The predicted molar refractivity (Wildman–Crippen MR) is 50.8 cm³/mol. The molecular weight excluding hydrogens is 167 g/mol. The zero-order valence-electron chi connectivity index (χ0n) is 7.39. The van der Waals surface area contributed by atoms with Crippen LogP contribution >= 0.6 is 0 Å². The van der Waals surface area contributed by atoms with Crippen molar-refractivity contribution in [2.24, 2.45) is 0 Å². The van der Waals surface area contributed by atoms with Crippen molar-refractivity contribution >= 4 is 5.69 Å². The Balaban J connectivity index is 2.37. The van der Waals surface area contributed by atoms with Crippen molar-refractivity contribution in [3.05, 3.63) is 29.6 Å². The van der Waals surface area contributed by atoms with Crippen LogP contribution in [0.2, 0.25) is 0 Å². The SMILES string of the molecule is Nc1cccc(F)c1C1CCCN1. The lowest BCUT2D eigenvalue weighted by molar-refractivity contribution is 0.561. The molecule has 1 atom stereocenters. The van der Waals surface area contributed by atoms with E-state index >= 15 is 0 Å². The highest BCUT2D eigenvalue weighted by atomic mass is 19.1. The molecule has 2 rings (SSSR count). The fourth-order valence-corrected chi connectivity index (χ4v) is 1.85. The fraction of sp³-hybridized carbons (Fsp3) is 0.400. The molecule has 0 radical (unpaired) electrons. The van der Waals surface area contributed by atoms with Gasteiger partial charge >= 0.3 is 0 Å². The minimum absolute atomic E-state index is 0.112. The maximum atomic E-state index is 13.4. The van der Waals surface area contributed by atoms with Gasteiger partial charge in [-0.15, -0.1) is 0 Å². The fourth-order valence-electron chi connectivity index (χ4n) is 1.85. The number of nitrogens with two attached hydrogens (primary N) is 1. The molecule has 0 bridgehead atoms. The number of benzene rings is 1. The molecule has 1 aromatic rings. The molecule has 3 heteroatoms. The molecule has 1 aliphatic rings. The van der Waals surface area contributed by atoms with Crippen LogP contribution in [0.15, 0.2) is 18.2 Å². The van der Waals surface area contributed by atoms with Crippen molar-refractivity contribution in [3.8, 4) is 0 Å². The Bertz CT molecular complexity index is 286. The highest BCUT2D eigenvalue weighted by Gasteiger charge is 2.21. The summed E-state index contributed by atoms with van der Waals surface area (Å²) in [6.45, 7) is 0.957. The molecule has 1 saturated heterocycles. The van der Waals surface area contributed by atoms with Crippen LogP contribution in [-0.2, 0) is 0 Å². The predicted octanol–water partition coefficient (Wildman–Crippen LogP) is 1.83. The van der Waals surface area contributed by atoms with E-state index in [1.165, 1.54) is 6.07 Å². The maximum absolute atomic E-state index is 13.4. The zero-order chi connectivity index (χ0) is 9.26. The van der Waals surface area contributed by atoms with Crippen LogP contribution in [-0.4, -0.2) is 6.54 Å². The van der Waals surface area contributed by atoms with E-state index in [1.807, 2.05) is 0 Å². The number of hydrogen-bond donors (Lipinski definition) is 2. The molecule has 1 unspecified atom stereocenters. The van der Waals surface area contributed by atoms with E-state index in [-0.39, 0.29) is 11.9 Å². The third kappa shape index (κ3) is 1.52. The van der Waals surface area contributed by atoms with Gasteiger partial charge in [-0.3, -0.25) is 0 Å². The van der Waals surface area contributed by atoms with Gasteiger partial charge in [0.1, 0.15) is 5.82 Å². The molecule has 3 N–H and O–H groups in total. The van der Waals surface area contributed by atoms with Crippen LogP contribution in [0.5, 0.6) is 0 Å². The Labute approximate surface area is 76.9 Å². The molecule has 1 heterocycles. The monoisotopic (exact) mass is 180 g/mol. The van der Waals surface area contributed by atoms with Crippen molar-refractivity contribution in [3.63, 3.8) is 0 Å². The minimum Gasteiger partial charge on any atom is -0.398 e. The van der Waals surface area contributed by atoms with Gasteiger partial charge in [0.25, 0.3) is 0 Å². The normalized spacial score (nSPS) is 22.1. The van der Waals surface area contributed by atoms with Crippen LogP contribution < -0.4 is 11.1 Å². The lowest BCUT2D eigenvalue weighted by Gasteiger charge is -2.13. The van der Waals surface area contributed by atoms with Crippen LogP contribution in [0, 0.1) is 5.82 Å². The molecule has 70 valence electrons. The Kier molecular flexibility index (Phi) is 2.19. The molecule has 13 heavy (non-hydrogen) atoms. The average molecular weight is 180 g/mol. The van der Waals surface area contributed by atoms with Crippen molar-refractivity contribution in [2.45, 2.75) is 18.9 Å². The molecule has 0 saturated carbocycles. The summed E-state index contributed by atoms with van der Waals surface area (Å²) in [6, 6.07) is 4.97. The van der Waals surface area contributed by atoms with Gasteiger partial charge in [-0.2, -0.15) is 0 Å². The first kappa shape index (κ1) is 8.51. The van der Waals surface area contributed by atoms with E-state index in [0.717, 1.165) is 19.4 Å². The summed E-state index contributed by atoms with van der Waals surface area (Å²) >= 11 is 0. The van der Waals surface area contributed by atoms with Gasteiger partial charge in [-0.05, 0) is 31.5 Å². The van der Waals surface area contributed by atoms with E-state index in [0.29, 0.717) is 11.3 Å². The van der Waals surface area contributed by atoms with E-state index in [2.05, 4.69) is 5.32 Å². The van der Waals surface area contributed by atoms with Gasteiger partial charge in [0.2, 0.25) is 0 Å². The second-order valence-electron chi connectivity index (χ2n) is 3.39. The maximum Gasteiger partial charge on any atom is 0.130 e. The van der Waals surface area contributed by atoms with Crippen molar-refractivity contribution in [2.75, 3.05) is 12.3 Å². The summed E-state index contributed by atoms with van der Waals surface area (Å²) < 4.78 is 13.4. The molecular formula is C10H13FN2. The first-order valence-corrected chi connectivity index (χ1v) is 4.56. The molecule has 0 aliphatic carbocycles.